The Kier molecular flexibility index (Phi) is 6.34. The van der Waals surface area contributed by atoms with Gasteiger partial charge in [0, 0.05) is 42.8 Å². The predicted molar refractivity (Wildman–Crippen MR) is 114 cm³/mol. The molecule has 1 atom stereocenters. The molecule has 3 heterocycles. The molecule has 0 radical (unpaired) electrons. The summed E-state index contributed by atoms with van der Waals surface area (Å²) in [5, 5.41) is 4.61. The second-order valence-electron chi connectivity index (χ2n) is 7.15. The van der Waals surface area contributed by atoms with Gasteiger partial charge in [0.05, 0.1) is 36.7 Å². The second-order valence-corrected chi connectivity index (χ2v) is 8.11. The number of amides is 1. The molecule has 0 spiro atoms. The molecule has 1 unspecified atom stereocenters. The zero-order valence-electron chi connectivity index (χ0n) is 16.8. The molecule has 1 saturated heterocycles. The summed E-state index contributed by atoms with van der Waals surface area (Å²) in [4.78, 5) is 25.8. The molecule has 0 saturated carbocycles. The average Bonchev–Trinajstić information content (AvgIpc) is 2.78. The lowest BCUT2D eigenvalue weighted by atomic mass is 10.1. The molecule has 29 heavy (non-hydrogen) atoms. The van der Waals surface area contributed by atoms with Crippen LogP contribution in [0.3, 0.4) is 0 Å². The minimum Gasteiger partial charge on any atom is -0.379 e. The highest BCUT2D eigenvalue weighted by Gasteiger charge is 2.23. The summed E-state index contributed by atoms with van der Waals surface area (Å²) in [7, 11) is 1.61. The number of hydrogen-bond donors (Lipinski definition) is 1. The van der Waals surface area contributed by atoms with E-state index in [4.69, 9.17) is 9.57 Å². The van der Waals surface area contributed by atoms with Crippen molar-refractivity contribution < 1.29 is 14.4 Å². The number of hydroxylamine groups is 1. The van der Waals surface area contributed by atoms with Crippen LogP contribution in [-0.2, 0) is 9.57 Å². The predicted octanol–water partition coefficient (Wildman–Crippen LogP) is 2.63. The van der Waals surface area contributed by atoms with Crippen molar-refractivity contribution in [3.63, 3.8) is 0 Å². The van der Waals surface area contributed by atoms with Crippen LogP contribution in [0, 0.1) is 0 Å². The summed E-state index contributed by atoms with van der Waals surface area (Å²) >= 11 is 1.70. The average molecular weight is 415 g/mol. The number of hydrogen-bond acceptors (Lipinski definition) is 7. The van der Waals surface area contributed by atoms with Gasteiger partial charge in [-0.15, -0.1) is 0 Å². The first-order chi connectivity index (χ1) is 14.2. The quantitative estimate of drug-likeness (QED) is 0.807. The Balaban J connectivity index is 1.51. The van der Waals surface area contributed by atoms with Gasteiger partial charge in [0.1, 0.15) is 5.94 Å². The van der Waals surface area contributed by atoms with Crippen LogP contribution in [0.1, 0.15) is 17.3 Å². The summed E-state index contributed by atoms with van der Waals surface area (Å²) in [6.45, 7) is 6.46. The number of carbonyl (C=O) groups is 1. The fourth-order valence-electron chi connectivity index (χ4n) is 3.56. The number of benzene rings is 1. The van der Waals surface area contributed by atoms with Crippen molar-refractivity contribution in [3.05, 3.63) is 42.1 Å². The lowest BCUT2D eigenvalue weighted by Gasteiger charge is -2.36. The second kappa shape index (κ2) is 9.13. The van der Waals surface area contributed by atoms with E-state index >= 15 is 0 Å². The number of morpholine rings is 1. The number of carbonyl (C=O) groups excluding carboxylic acids is 1. The number of nitrogens with one attached hydrogen (secondary N) is 1. The monoisotopic (exact) mass is 414 g/mol. The maximum atomic E-state index is 11.7. The lowest BCUT2D eigenvalue weighted by molar-refractivity contribution is -0.00241. The van der Waals surface area contributed by atoms with Gasteiger partial charge in [-0.3, -0.25) is 24.6 Å². The number of aromatic nitrogens is 1. The number of rotatable bonds is 5. The third kappa shape index (κ3) is 4.56. The molecular weight excluding hydrogens is 388 g/mol. The van der Waals surface area contributed by atoms with Crippen molar-refractivity contribution in [3.8, 4) is 11.3 Å². The smallest absolute Gasteiger partial charge is 0.252 e. The molecule has 1 aromatic heterocycles. The third-order valence-corrected chi connectivity index (χ3v) is 6.17. The van der Waals surface area contributed by atoms with Gasteiger partial charge < -0.3 is 10.1 Å². The first-order valence-corrected chi connectivity index (χ1v) is 10.8. The van der Waals surface area contributed by atoms with E-state index in [0.717, 1.165) is 49.8 Å². The Morgan fingerprint density at radius 2 is 2.21 bits per heavy atom. The highest BCUT2D eigenvalue weighted by molar-refractivity contribution is 7.99. The van der Waals surface area contributed by atoms with Gasteiger partial charge in [0.2, 0.25) is 0 Å². The molecule has 1 fully saturated rings. The van der Waals surface area contributed by atoms with Gasteiger partial charge >= 0.3 is 0 Å². The van der Waals surface area contributed by atoms with E-state index in [1.54, 1.807) is 31.1 Å². The molecule has 0 aliphatic carbocycles. The van der Waals surface area contributed by atoms with E-state index < -0.39 is 0 Å². The molecule has 2 aromatic rings. The number of thioether (sulfide) groups is 1. The molecule has 154 valence electrons. The molecule has 2 aliphatic heterocycles. The summed E-state index contributed by atoms with van der Waals surface area (Å²) < 4.78 is 5.53. The highest BCUT2D eigenvalue weighted by Crippen LogP contribution is 2.38. The number of pyridine rings is 1. The largest absolute Gasteiger partial charge is 0.379 e. The topological polar surface area (TPSA) is 66.9 Å². The van der Waals surface area contributed by atoms with Crippen LogP contribution in [0.4, 0.5) is 5.69 Å². The fourth-order valence-corrected chi connectivity index (χ4v) is 4.34. The number of nitrogens with zero attached hydrogens (tertiary/aromatic N) is 3. The minimum absolute atomic E-state index is 0.136. The van der Waals surface area contributed by atoms with E-state index in [9.17, 15) is 4.79 Å². The van der Waals surface area contributed by atoms with Crippen LogP contribution in [0.2, 0.25) is 0 Å². The van der Waals surface area contributed by atoms with Crippen molar-refractivity contribution >= 4 is 23.4 Å². The molecule has 7 nitrogen and oxygen atoms in total. The molecule has 4 rings (SSSR count). The van der Waals surface area contributed by atoms with Crippen molar-refractivity contribution in [2.24, 2.45) is 0 Å². The van der Waals surface area contributed by atoms with Crippen LogP contribution in [0.5, 0.6) is 0 Å². The molecule has 1 N–H and O–H groups in total. The standard InChI is InChI=1S/C21H26N4O3S/c1-15-13-27-10-9-24(15)7-8-25-19-11-16(4-6-20(19)29-14-28-25)18-5-3-17(12-23-18)21(26)22-2/h3-6,11-12,15H,7-10,13-14H2,1-2H3,(H,22,26). The highest BCUT2D eigenvalue weighted by atomic mass is 32.2. The Morgan fingerprint density at radius 1 is 1.31 bits per heavy atom. The first kappa shape index (κ1) is 20.2. The van der Waals surface area contributed by atoms with Crippen LogP contribution in [-0.4, -0.2) is 67.7 Å². The van der Waals surface area contributed by atoms with Gasteiger partial charge in [-0.05, 0) is 31.2 Å². The van der Waals surface area contributed by atoms with Gasteiger partial charge in [-0.25, -0.2) is 0 Å². The molecule has 8 heteroatoms. The number of anilines is 1. The molecule has 1 amide bonds. The third-order valence-electron chi connectivity index (χ3n) is 5.29. The maximum absolute atomic E-state index is 11.7. The first-order valence-electron chi connectivity index (χ1n) is 9.83. The zero-order chi connectivity index (χ0) is 20.2. The minimum atomic E-state index is -0.136. The summed E-state index contributed by atoms with van der Waals surface area (Å²) in [6, 6.07) is 10.4. The van der Waals surface area contributed by atoms with Crippen molar-refractivity contribution in [2.45, 2.75) is 17.9 Å². The summed E-state index contributed by atoms with van der Waals surface area (Å²) in [6.07, 6.45) is 1.61. The Hall–Kier alpha value is -2.13. The van der Waals surface area contributed by atoms with Gasteiger partial charge in [0.25, 0.3) is 5.91 Å². The number of fused-ring (bicyclic) bond motifs is 1. The Bertz CT molecular complexity index is 862. The van der Waals surface area contributed by atoms with E-state index in [-0.39, 0.29) is 5.91 Å². The van der Waals surface area contributed by atoms with Crippen LogP contribution in [0.15, 0.2) is 41.4 Å². The van der Waals surface area contributed by atoms with Crippen molar-refractivity contribution in [1.29, 1.82) is 0 Å². The van der Waals surface area contributed by atoms with Crippen LogP contribution in [0.25, 0.3) is 11.3 Å². The van der Waals surface area contributed by atoms with Gasteiger partial charge in [0.15, 0.2) is 0 Å². The zero-order valence-corrected chi connectivity index (χ0v) is 17.6. The molecular formula is C21H26N4O3S. The summed E-state index contributed by atoms with van der Waals surface area (Å²) in [5.74, 6) is 0.479. The fraction of sp³-hybridized carbons (Fsp3) is 0.429. The van der Waals surface area contributed by atoms with Crippen LogP contribution < -0.4 is 10.4 Å². The summed E-state index contributed by atoms with van der Waals surface area (Å²) in [5.41, 5.74) is 3.45. The SMILES string of the molecule is CNC(=O)c1ccc(-c2ccc3c(c2)N(CCN2CCOCC2C)OCS3)nc1. The van der Waals surface area contributed by atoms with Gasteiger partial charge in [-0.1, -0.05) is 17.8 Å². The molecule has 2 aliphatic rings. The van der Waals surface area contributed by atoms with Crippen molar-refractivity contribution in [1.82, 2.24) is 15.2 Å². The normalized spacial score (nSPS) is 19.7. The maximum Gasteiger partial charge on any atom is 0.252 e. The van der Waals surface area contributed by atoms with E-state index in [0.29, 0.717) is 17.5 Å². The van der Waals surface area contributed by atoms with E-state index in [1.165, 1.54) is 4.90 Å². The lowest BCUT2D eigenvalue weighted by Crippen LogP contribution is -2.47. The van der Waals surface area contributed by atoms with E-state index in [2.05, 4.69) is 40.3 Å². The van der Waals surface area contributed by atoms with E-state index in [1.807, 2.05) is 11.1 Å². The van der Waals surface area contributed by atoms with Crippen molar-refractivity contribution in [2.75, 3.05) is 50.9 Å². The number of ether oxygens (including phenoxy) is 1. The Morgan fingerprint density at radius 3 is 2.97 bits per heavy atom. The van der Waals surface area contributed by atoms with Crippen LogP contribution >= 0.6 is 11.8 Å². The van der Waals surface area contributed by atoms with Gasteiger partial charge in [-0.2, -0.15) is 0 Å². The molecule has 0 bridgehead atoms. The molecule has 1 aromatic carbocycles. The Labute approximate surface area is 175 Å².